The summed E-state index contributed by atoms with van der Waals surface area (Å²) in [4.78, 5) is 15.5. The molecule has 3 N–H and O–H groups in total. The maximum Gasteiger partial charge on any atom is 0.196 e. The van der Waals surface area contributed by atoms with Crippen molar-refractivity contribution in [3.63, 3.8) is 0 Å². The van der Waals surface area contributed by atoms with Gasteiger partial charge in [-0.25, -0.2) is 4.39 Å². The molecule has 0 saturated carbocycles. The van der Waals surface area contributed by atoms with E-state index in [1.807, 2.05) is 0 Å². The third-order valence-electron chi connectivity index (χ3n) is 3.12. The third-order valence-corrected chi connectivity index (χ3v) is 3.81. The molecule has 3 aromatic rings. The molecule has 1 heterocycles. The standard InChI is InChI=1S/C15H10BrFN2O/c16-13-4-2-9(18)6-11(13)15(20)12-7-19-14-5-8(17)1-3-10(12)14/h1-7,19H,18H2. The molecule has 2 aromatic carbocycles. The molecule has 0 bridgehead atoms. The van der Waals surface area contributed by atoms with E-state index in [1.165, 1.54) is 12.1 Å². The Bertz CT molecular complexity index is 826. The fraction of sp³-hybridized carbons (Fsp3) is 0. The number of H-pyrrole nitrogens is 1. The summed E-state index contributed by atoms with van der Waals surface area (Å²) in [6.45, 7) is 0. The number of rotatable bonds is 2. The van der Waals surface area contributed by atoms with Crippen LogP contribution < -0.4 is 5.73 Å². The highest BCUT2D eigenvalue weighted by molar-refractivity contribution is 9.10. The molecular weight excluding hydrogens is 323 g/mol. The van der Waals surface area contributed by atoms with E-state index < -0.39 is 0 Å². The monoisotopic (exact) mass is 332 g/mol. The van der Waals surface area contributed by atoms with Gasteiger partial charge in [-0.15, -0.1) is 0 Å². The Morgan fingerprint density at radius 2 is 1.95 bits per heavy atom. The Morgan fingerprint density at radius 3 is 2.75 bits per heavy atom. The summed E-state index contributed by atoms with van der Waals surface area (Å²) in [7, 11) is 0. The lowest BCUT2D eigenvalue weighted by Gasteiger charge is -2.04. The van der Waals surface area contributed by atoms with Gasteiger partial charge in [0.05, 0.1) is 0 Å². The van der Waals surface area contributed by atoms with E-state index in [0.717, 1.165) is 0 Å². The van der Waals surface area contributed by atoms with Gasteiger partial charge in [-0.1, -0.05) is 15.9 Å². The minimum absolute atomic E-state index is 0.165. The molecule has 0 atom stereocenters. The van der Waals surface area contributed by atoms with Gasteiger partial charge in [0.2, 0.25) is 0 Å². The van der Waals surface area contributed by atoms with Crippen molar-refractivity contribution in [2.45, 2.75) is 0 Å². The molecule has 1 aromatic heterocycles. The van der Waals surface area contributed by atoms with Gasteiger partial charge in [-0.2, -0.15) is 0 Å². The molecule has 0 unspecified atom stereocenters. The van der Waals surface area contributed by atoms with Crippen LogP contribution in [0.15, 0.2) is 47.1 Å². The maximum atomic E-state index is 13.2. The summed E-state index contributed by atoms with van der Waals surface area (Å²) in [5, 5.41) is 0.686. The molecule has 0 aliphatic carbocycles. The van der Waals surface area contributed by atoms with Gasteiger partial charge in [0.15, 0.2) is 5.78 Å². The number of nitrogen functional groups attached to an aromatic ring is 1. The Morgan fingerprint density at radius 1 is 1.15 bits per heavy atom. The Hall–Kier alpha value is -2.14. The van der Waals surface area contributed by atoms with Crippen LogP contribution in [0.25, 0.3) is 10.9 Å². The average Bonchev–Trinajstić information content (AvgIpc) is 2.83. The normalized spacial score (nSPS) is 10.9. The fourth-order valence-corrected chi connectivity index (χ4v) is 2.57. The topological polar surface area (TPSA) is 58.9 Å². The first-order valence-electron chi connectivity index (χ1n) is 5.92. The van der Waals surface area contributed by atoms with Crippen LogP contribution in [0.1, 0.15) is 15.9 Å². The van der Waals surface area contributed by atoms with Crippen molar-refractivity contribution < 1.29 is 9.18 Å². The quantitative estimate of drug-likeness (QED) is 0.552. The molecule has 20 heavy (non-hydrogen) atoms. The molecule has 100 valence electrons. The highest BCUT2D eigenvalue weighted by atomic mass is 79.9. The lowest BCUT2D eigenvalue weighted by molar-refractivity contribution is 0.103. The van der Waals surface area contributed by atoms with Gasteiger partial charge in [0, 0.05) is 38.4 Å². The molecule has 3 rings (SSSR count). The molecule has 0 aliphatic heterocycles. The molecule has 0 amide bonds. The molecular formula is C15H10BrFN2O. The van der Waals surface area contributed by atoms with Crippen molar-refractivity contribution in [3.8, 4) is 0 Å². The van der Waals surface area contributed by atoms with Gasteiger partial charge in [0.25, 0.3) is 0 Å². The Kier molecular flexibility index (Phi) is 3.06. The van der Waals surface area contributed by atoms with E-state index in [-0.39, 0.29) is 11.6 Å². The Labute approximate surface area is 122 Å². The lowest BCUT2D eigenvalue weighted by Crippen LogP contribution is -2.02. The number of carbonyl (C=O) groups excluding carboxylic acids is 1. The minimum Gasteiger partial charge on any atom is -0.399 e. The van der Waals surface area contributed by atoms with Crippen LogP contribution in [0.4, 0.5) is 10.1 Å². The molecule has 0 aliphatic rings. The van der Waals surface area contributed by atoms with Crippen molar-refractivity contribution in [2.75, 3.05) is 5.73 Å². The van der Waals surface area contributed by atoms with Gasteiger partial charge < -0.3 is 10.7 Å². The van der Waals surface area contributed by atoms with Crippen molar-refractivity contribution in [1.29, 1.82) is 0 Å². The van der Waals surface area contributed by atoms with Crippen LogP contribution in [0.3, 0.4) is 0 Å². The van der Waals surface area contributed by atoms with Crippen molar-refractivity contribution in [2.24, 2.45) is 0 Å². The summed E-state index contributed by atoms with van der Waals surface area (Å²) < 4.78 is 13.8. The van der Waals surface area contributed by atoms with Crippen LogP contribution in [0.2, 0.25) is 0 Å². The second kappa shape index (κ2) is 4.76. The summed E-state index contributed by atoms with van der Waals surface area (Å²) in [5.74, 6) is -0.509. The SMILES string of the molecule is Nc1ccc(Br)c(C(=O)c2c[nH]c3cc(F)ccc23)c1. The van der Waals surface area contributed by atoms with Crippen LogP contribution in [0.5, 0.6) is 0 Å². The van der Waals surface area contributed by atoms with Crippen molar-refractivity contribution in [1.82, 2.24) is 4.98 Å². The number of hydrogen-bond acceptors (Lipinski definition) is 2. The number of ketones is 1. The number of halogens is 2. The fourth-order valence-electron chi connectivity index (χ4n) is 2.15. The number of aromatic nitrogens is 1. The van der Waals surface area contributed by atoms with Crippen molar-refractivity contribution in [3.05, 3.63) is 64.0 Å². The highest BCUT2D eigenvalue weighted by Gasteiger charge is 2.17. The lowest BCUT2D eigenvalue weighted by atomic mass is 10.0. The van der Waals surface area contributed by atoms with Gasteiger partial charge in [-0.05, 0) is 36.4 Å². The summed E-state index contributed by atoms with van der Waals surface area (Å²) in [6, 6.07) is 9.35. The Balaban J connectivity index is 2.15. The zero-order valence-corrected chi connectivity index (χ0v) is 11.9. The van der Waals surface area contributed by atoms with Crippen molar-refractivity contribution >= 4 is 38.3 Å². The first kappa shape index (κ1) is 12.9. The molecule has 3 nitrogen and oxygen atoms in total. The highest BCUT2D eigenvalue weighted by Crippen LogP contribution is 2.26. The molecule has 0 saturated heterocycles. The molecule has 0 radical (unpaired) electrons. The second-order valence-electron chi connectivity index (χ2n) is 4.46. The average molecular weight is 333 g/mol. The van der Waals surface area contributed by atoms with Gasteiger partial charge >= 0.3 is 0 Å². The number of nitrogens with one attached hydrogen (secondary N) is 1. The third kappa shape index (κ3) is 2.10. The number of nitrogens with two attached hydrogens (primary N) is 1. The molecule has 5 heteroatoms. The first-order chi connectivity index (χ1) is 9.56. The number of aromatic amines is 1. The summed E-state index contributed by atoms with van der Waals surface area (Å²) in [6.07, 6.45) is 1.59. The number of benzene rings is 2. The van der Waals surface area contributed by atoms with Crippen LogP contribution in [-0.2, 0) is 0 Å². The van der Waals surface area contributed by atoms with Crippen LogP contribution in [-0.4, -0.2) is 10.8 Å². The number of carbonyl (C=O) groups is 1. The first-order valence-corrected chi connectivity index (χ1v) is 6.72. The zero-order chi connectivity index (χ0) is 14.3. The predicted molar refractivity (Wildman–Crippen MR) is 80.2 cm³/mol. The number of hydrogen-bond donors (Lipinski definition) is 2. The van der Waals surface area contributed by atoms with E-state index in [0.29, 0.717) is 32.2 Å². The van der Waals surface area contributed by atoms with E-state index in [1.54, 1.807) is 30.5 Å². The van der Waals surface area contributed by atoms with E-state index in [2.05, 4.69) is 20.9 Å². The largest absolute Gasteiger partial charge is 0.399 e. The summed E-state index contributed by atoms with van der Waals surface area (Å²) in [5.41, 5.74) is 7.80. The predicted octanol–water partition coefficient (Wildman–Crippen LogP) is 3.88. The number of fused-ring (bicyclic) bond motifs is 1. The zero-order valence-electron chi connectivity index (χ0n) is 10.3. The number of anilines is 1. The van der Waals surface area contributed by atoms with E-state index in [4.69, 9.17) is 5.73 Å². The van der Waals surface area contributed by atoms with E-state index >= 15 is 0 Å². The van der Waals surface area contributed by atoms with Gasteiger partial charge in [0.1, 0.15) is 5.82 Å². The maximum absolute atomic E-state index is 13.2. The smallest absolute Gasteiger partial charge is 0.196 e. The summed E-state index contributed by atoms with van der Waals surface area (Å²) >= 11 is 3.35. The van der Waals surface area contributed by atoms with E-state index in [9.17, 15) is 9.18 Å². The molecule has 0 spiro atoms. The van der Waals surface area contributed by atoms with Crippen LogP contribution in [0, 0.1) is 5.82 Å². The second-order valence-corrected chi connectivity index (χ2v) is 5.32. The van der Waals surface area contributed by atoms with Gasteiger partial charge in [-0.3, -0.25) is 4.79 Å². The minimum atomic E-state index is -0.344. The van der Waals surface area contributed by atoms with Crippen LogP contribution >= 0.6 is 15.9 Å². The molecule has 0 fully saturated rings.